The van der Waals surface area contributed by atoms with Gasteiger partial charge in [-0.25, -0.2) is 4.79 Å². The smallest absolute Gasteiger partial charge is 0.354 e. The van der Waals surface area contributed by atoms with Crippen molar-refractivity contribution in [3.05, 3.63) is 52.6 Å². The highest BCUT2D eigenvalue weighted by Crippen LogP contribution is 2.13. The number of nitrogen functional groups attached to an aromatic ring is 1. The summed E-state index contributed by atoms with van der Waals surface area (Å²) in [6.45, 7) is 1.38. The van der Waals surface area contributed by atoms with Gasteiger partial charge in [0.2, 0.25) is 5.91 Å². The van der Waals surface area contributed by atoms with Crippen molar-refractivity contribution in [2.24, 2.45) is 11.5 Å². The van der Waals surface area contributed by atoms with Gasteiger partial charge in [-0.1, -0.05) is 12.1 Å². The predicted molar refractivity (Wildman–Crippen MR) is 104 cm³/mol. The Morgan fingerprint density at radius 3 is 2.63 bits per heavy atom. The molecule has 144 valence electrons. The van der Waals surface area contributed by atoms with Gasteiger partial charge >= 0.3 is 5.69 Å². The zero-order valence-corrected chi connectivity index (χ0v) is 15.3. The van der Waals surface area contributed by atoms with Gasteiger partial charge < -0.3 is 22.1 Å². The summed E-state index contributed by atoms with van der Waals surface area (Å²) in [7, 11) is 0. The zero-order chi connectivity index (χ0) is 19.4. The summed E-state index contributed by atoms with van der Waals surface area (Å²) in [5.41, 5.74) is 18.8. The Balaban J connectivity index is 1.65. The van der Waals surface area contributed by atoms with Gasteiger partial charge in [0.05, 0.1) is 11.7 Å². The van der Waals surface area contributed by atoms with Gasteiger partial charge in [0.1, 0.15) is 5.82 Å². The van der Waals surface area contributed by atoms with E-state index in [0.717, 1.165) is 24.8 Å². The molecule has 1 aliphatic rings. The van der Waals surface area contributed by atoms with Gasteiger partial charge in [0.15, 0.2) is 0 Å². The van der Waals surface area contributed by atoms with E-state index in [1.54, 1.807) is 24.4 Å². The van der Waals surface area contributed by atoms with E-state index in [2.05, 4.69) is 4.98 Å². The van der Waals surface area contributed by atoms with Gasteiger partial charge in [0.25, 0.3) is 0 Å². The topological polar surface area (TPSA) is 133 Å². The van der Waals surface area contributed by atoms with Gasteiger partial charge in [-0.3, -0.25) is 9.36 Å². The standard InChI is InChI=1S/C19H26N6O2/c20-14-2-1-9-24(10-7-14)18(26)16(21)12-13-3-5-15(6-4-13)25-11-8-17(22)23-19(25)27/h3-6,8,11,14,16H,1-2,7,9-10,12,20-21H2,(H2,22,23,27)/t14?,16-/m1/s1. The zero-order valence-electron chi connectivity index (χ0n) is 15.3. The fourth-order valence-electron chi connectivity index (χ4n) is 3.32. The third kappa shape index (κ3) is 4.72. The van der Waals surface area contributed by atoms with Gasteiger partial charge in [-0.2, -0.15) is 4.98 Å². The van der Waals surface area contributed by atoms with E-state index in [1.807, 2.05) is 17.0 Å². The lowest BCUT2D eigenvalue weighted by Gasteiger charge is -2.24. The highest BCUT2D eigenvalue weighted by atomic mass is 16.2. The van der Waals surface area contributed by atoms with Crippen molar-refractivity contribution < 1.29 is 4.79 Å². The summed E-state index contributed by atoms with van der Waals surface area (Å²) in [5, 5.41) is 0. The monoisotopic (exact) mass is 370 g/mol. The number of carbonyl (C=O) groups excluding carboxylic acids is 1. The van der Waals surface area contributed by atoms with Crippen LogP contribution in [0.1, 0.15) is 24.8 Å². The van der Waals surface area contributed by atoms with Crippen molar-refractivity contribution in [1.29, 1.82) is 0 Å². The number of hydrogen-bond acceptors (Lipinski definition) is 6. The summed E-state index contributed by atoms with van der Waals surface area (Å²) in [6, 6.07) is 8.47. The van der Waals surface area contributed by atoms with E-state index < -0.39 is 11.7 Å². The maximum absolute atomic E-state index is 12.6. The van der Waals surface area contributed by atoms with E-state index in [0.29, 0.717) is 25.2 Å². The maximum Gasteiger partial charge on any atom is 0.354 e. The molecule has 1 saturated heterocycles. The minimum absolute atomic E-state index is 0.0351. The molecule has 2 atom stereocenters. The van der Waals surface area contributed by atoms with Crippen molar-refractivity contribution in [3.8, 4) is 5.69 Å². The molecule has 8 nitrogen and oxygen atoms in total. The predicted octanol–water partition coefficient (Wildman–Crippen LogP) is 0.0243. The summed E-state index contributed by atoms with van der Waals surface area (Å²) >= 11 is 0. The third-order valence-corrected chi connectivity index (χ3v) is 4.90. The Morgan fingerprint density at radius 1 is 1.19 bits per heavy atom. The first kappa shape index (κ1) is 19.1. The molecule has 1 amide bonds. The molecule has 3 rings (SSSR count). The molecule has 1 aromatic carbocycles. The number of aromatic nitrogens is 2. The summed E-state index contributed by atoms with van der Waals surface area (Å²) < 4.78 is 1.41. The molecule has 1 fully saturated rings. The first-order valence-corrected chi connectivity index (χ1v) is 9.18. The second-order valence-electron chi connectivity index (χ2n) is 7.00. The first-order valence-electron chi connectivity index (χ1n) is 9.18. The number of carbonyl (C=O) groups is 1. The number of rotatable bonds is 4. The molecule has 2 heterocycles. The van der Waals surface area contributed by atoms with Crippen LogP contribution in [-0.4, -0.2) is 45.5 Å². The van der Waals surface area contributed by atoms with Crippen molar-refractivity contribution in [2.45, 2.75) is 37.8 Å². The van der Waals surface area contributed by atoms with Crippen LogP contribution in [0.5, 0.6) is 0 Å². The minimum Gasteiger partial charge on any atom is -0.383 e. The van der Waals surface area contributed by atoms with E-state index in [1.165, 1.54) is 4.57 Å². The highest BCUT2D eigenvalue weighted by molar-refractivity contribution is 5.82. The molecule has 8 heteroatoms. The molecular weight excluding hydrogens is 344 g/mol. The minimum atomic E-state index is -0.592. The maximum atomic E-state index is 12.6. The van der Waals surface area contributed by atoms with Gasteiger partial charge in [0, 0.05) is 25.3 Å². The molecule has 27 heavy (non-hydrogen) atoms. The number of benzene rings is 1. The van der Waals surface area contributed by atoms with E-state index in [4.69, 9.17) is 17.2 Å². The van der Waals surface area contributed by atoms with Crippen LogP contribution < -0.4 is 22.9 Å². The molecular formula is C19H26N6O2. The quantitative estimate of drug-likeness (QED) is 0.695. The average Bonchev–Trinajstić information content (AvgIpc) is 2.86. The number of nitrogens with zero attached hydrogens (tertiary/aromatic N) is 3. The molecule has 2 aromatic rings. The van der Waals surface area contributed by atoms with Crippen molar-refractivity contribution in [3.63, 3.8) is 0 Å². The molecule has 0 aliphatic carbocycles. The normalized spacial score (nSPS) is 18.7. The molecule has 0 bridgehead atoms. The van der Waals surface area contributed by atoms with Crippen molar-refractivity contribution in [1.82, 2.24) is 14.5 Å². The van der Waals surface area contributed by atoms with E-state index in [-0.39, 0.29) is 17.8 Å². The van der Waals surface area contributed by atoms with Crippen molar-refractivity contribution in [2.75, 3.05) is 18.8 Å². The summed E-state index contributed by atoms with van der Waals surface area (Å²) in [5.74, 6) is 0.152. The van der Waals surface area contributed by atoms with Crippen LogP contribution >= 0.6 is 0 Å². The first-order chi connectivity index (χ1) is 12.9. The second kappa shape index (κ2) is 8.32. The Bertz CT molecular complexity index is 848. The lowest BCUT2D eigenvalue weighted by Crippen LogP contribution is -2.45. The summed E-state index contributed by atoms with van der Waals surface area (Å²) in [4.78, 5) is 30.1. The van der Waals surface area contributed by atoms with E-state index in [9.17, 15) is 9.59 Å². The van der Waals surface area contributed by atoms with Crippen LogP contribution in [0.4, 0.5) is 5.82 Å². The van der Waals surface area contributed by atoms with E-state index >= 15 is 0 Å². The Morgan fingerprint density at radius 2 is 1.93 bits per heavy atom. The molecule has 0 saturated carbocycles. The second-order valence-corrected chi connectivity index (χ2v) is 7.00. The lowest BCUT2D eigenvalue weighted by atomic mass is 10.0. The molecule has 6 N–H and O–H groups in total. The molecule has 0 radical (unpaired) electrons. The van der Waals surface area contributed by atoms with Crippen LogP contribution in [0, 0.1) is 0 Å². The largest absolute Gasteiger partial charge is 0.383 e. The Labute approximate surface area is 158 Å². The number of hydrogen-bond donors (Lipinski definition) is 3. The third-order valence-electron chi connectivity index (χ3n) is 4.90. The number of likely N-dealkylation sites (tertiary alicyclic amines) is 1. The van der Waals surface area contributed by atoms with Crippen LogP contribution in [0.2, 0.25) is 0 Å². The SMILES string of the molecule is Nc1ccn(-c2ccc(C[C@@H](N)C(=O)N3CCCC(N)CC3)cc2)c(=O)n1. The Hall–Kier alpha value is -2.71. The molecule has 1 aromatic heterocycles. The molecule has 0 spiro atoms. The highest BCUT2D eigenvalue weighted by Gasteiger charge is 2.23. The fourth-order valence-corrected chi connectivity index (χ4v) is 3.32. The molecule has 1 unspecified atom stereocenters. The Kier molecular flexibility index (Phi) is 5.88. The van der Waals surface area contributed by atoms with Crippen molar-refractivity contribution >= 4 is 11.7 Å². The fraction of sp³-hybridized carbons (Fsp3) is 0.421. The van der Waals surface area contributed by atoms with Crippen LogP contribution in [0.25, 0.3) is 5.69 Å². The number of anilines is 1. The van der Waals surface area contributed by atoms with Crippen LogP contribution in [-0.2, 0) is 11.2 Å². The number of nitrogens with two attached hydrogens (primary N) is 3. The summed E-state index contributed by atoms with van der Waals surface area (Å²) in [6.07, 6.45) is 4.70. The lowest BCUT2D eigenvalue weighted by molar-refractivity contribution is -0.132. The average molecular weight is 370 g/mol. The van der Waals surface area contributed by atoms with Gasteiger partial charge in [-0.15, -0.1) is 0 Å². The number of amides is 1. The van der Waals surface area contributed by atoms with Gasteiger partial charge in [-0.05, 0) is 49.4 Å². The molecule has 1 aliphatic heterocycles. The van der Waals surface area contributed by atoms with Crippen LogP contribution in [0.3, 0.4) is 0 Å². The van der Waals surface area contributed by atoms with Crippen LogP contribution in [0.15, 0.2) is 41.3 Å².